The van der Waals surface area contributed by atoms with Gasteiger partial charge in [-0.1, -0.05) is 6.07 Å². The van der Waals surface area contributed by atoms with Crippen molar-refractivity contribution in [1.82, 2.24) is 4.98 Å². The number of hydrogen-bond donors (Lipinski definition) is 1. The van der Waals surface area contributed by atoms with Crippen molar-refractivity contribution >= 4 is 22.7 Å². The predicted molar refractivity (Wildman–Crippen MR) is 54.4 cm³/mol. The summed E-state index contributed by atoms with van der Waals surface area (Å²) in [6.07, 6.45) is 5.87. The average Bonchev–Trinajstić information content (AvgIpc) is 2.19. The van der Waals surface area contributed by atoms with Gasteiger partial charge in [-0.05, 0) is 29.8 Å². The van der Waals surface area contributed by atoms with E-state index in [4.69, 9.17) is 0 Å². The molecule has 0 unspecified atom stereocenters. The Labute approximate surface area is 75.9 Å². The van der Waals surface area contributed by atoms with Crippen LogP contribution in [0.3, 0.4) is 0 Å². The number of aromatic nitrogens is 1. The molecular weight excluding hydrogens is 160 g/mol. The minimum atomic E-state index is 1.05. The molecule has 0 saturated carbocycles. The molecule has 1 aromatic heterocycles. The van der Waals surface area contributed by atoms with E-state index in [9.17, 15) is 0 Å². The lowest BCUT2D eigenvalue weighted by Crippen LogP contribution is -1.96. The Kier molecular flexibility index (Phi) is 1.19. The zero-order valence-corrected chi connectivity index (χ0v) is 6.99. The van der Waals surface area contributed by atoms with Crippen molar-refractivity contribution in [2.75, 3.05) is 5.32 Å². The second-order valence-electron chi connectivity index (χ2n) is 3.08. The summed E-state index contributed by atoms with van der Waals surface area (Å²) in [5.74, 6) is 0. The van der Waals surface area contributed by atoms with E-state index >= 15 is 0 Å². The molecule has 1 aliphatic heterocycles. The van der Waals surface area contributed by atoms with Crippen molar-refractivity contribution < 1.29 is 0 Å². The molecule has 0 amide bonds. The van der Waals surface area contributed by atoms with E-state index < -0.39 is 0 Å². The van der Waals surface area contributed by atoms with Crippen LogP contribution < -0.4 is 5.32 Å². The molecule has 62 valence electrons. The van der Waals surface area contributed by atoms with E-state index in [2.05, 4.69) is 22.4 Å². The molecule has 1 N–H and O–H groups in total. The first kappa shape index (κ1) is 6.66. The summed E-state index contributed by atoms with van der Waals surface area (Å²) >= 11 is 0. The maximum atomic E-state index is 4.31. The third-order valence-corrected chi connectivity index (χ3v) is 2.30. The first-order chi connectivity index (χ1) is 6.45. The number of benzene rings is 1. The number of rotatable bonds is 0. The lowest BCUT2D eigenvalue weighted by molar-refractivity contribution is 1.40. The normalized spacial score (nSPS) is 12.9. The standard InChI is InChI=1S/C11H8N2/c1-2-9-11-8(4-6-12-9)5-7-13-10(11)3-1/h1-7,12H. The summed E-state index contributed by atoms with van der Waals surface area (Å²) in [6.45, 7) is 0. The fourth-order valence-corrected chi connectivity index (χ4v) is 1.71. The molecule has 3 rings (SSSR count). The van der Waals surface area contributed by atoms with Gasteiger partial charge in [-0.25, -0.2) is 0 Å². The summed E-state index contributed by atoms with van der Waals surface area (Å²) in [5.41, 5.74) is 3.43. The highest BCUT2D eigenvalue weighted by atomic mass is 14.9. The Morgan fingerprint density at radius 3 is 3.15 bits per heavy atom. The molecule has 0 spiro atoms. The molecular formula is C11H8N2. The van der Waals surface area contributed by atoms with E-state index in [-0.39, 0.29) is 0 Å². The Balaban J connectivity index is 2.56. The van der Waals surface area contributed by atoms with Crippen molar-refractivity contribution in [3.05, 3.63) is 42.2 Å². The Morgan fingerprint density at radius 1 is 1.15 bits per heavy atom. The van der Waals surface area contributed by atoms with Crippen LogP contribution in [0, 0.1) is 0 Å². The summed E-state index contributed by atoms with van der Waals surface area (Å²) in [7, 11) is 0. The predicted octanol–water partition coefficient (Wildman–Crippen LogP) is 2.63. The number of nitrogens with zero attached hydrogens (tertiary/aromatic N) is 1. The first-order valence-corrected chi connectivity index (χ1v) is 4.26. The third kappa shape index (κ3) is 0.855. The van der Waals surface area contributed by atoms with Crippen LogP contribution in [0.2, 0.25) is 0 Å². The molecule has 0 atom stereocenters. The molecule has 2 nitrogen and oxygen atoms in total. The summed E-state index contributed by atoms with van der Waals surface area (Å²) in [6, 6.07) is 8.14. The van der Waals surface area contributed by atoms with Gasteiger partial charge in [0.15, 0.2) is 0 Å². The van der Waals surface area contributed by atoms with Gasteiger partial charge in [0.1, 0.15) is 0 Å². The number of hydrogen-bond acceptors (Lipinski definition) is 2. The third-order valence-electron chi connectivity index (χ3n) is 2.30. The fourth-order valence-electron chi connectivity index (χ4n) is 1.71. The van der Waals surface area contributed by atoms with Crippen molar-refractivity contribution in [2.24, 2.45) is 0 Å². The van der Waals surface area contributed by atoms with Gasteiger partial charge in [0.25, 0.3) is 0 Å². The Morgan fingerprint density at radius 2 is 2.15 bits per heavy atom. The smallest absolute Gasteiger partial charge is 0.0728 e. The largest absolute Gasteiger partial charge is 0.361 e. The summed E-state index contributed by atoms with van der Waals surface area (Å²) in [4.78, 5) is 4.31. The highest BCUT2D eigenvalue weighted by molar-refractivity contribution is 6.00. The molecule has 0 radical (unpaired) electrons. The van der Waals surface area contributed by atoms with E-state index in [0.29, 0.717) is 0 Å². The van der Waals surface area contributed by atoms with Crippen LogP contribution in [0.1, 0.15) is 5.56 Å². The minimum Gasteiger partial charge on any atom is -0.361 e. The van der Waals surface area contributed by atoms with Crippen LogP contribution in [0.4, 0.5) is 5.69 Å². The van der Waals surface area contributed by atoms with Crippen LogP contribution in [-0.2, 0) is 0 Å². The molecule has 2 heteroatoms. The maximum absolute atomic E-state index is 4.31. The van der Waals surface area contributed by atoms with Crippen LogP contribution >= 0.6 is 0 Å². The highest BCUT2D eigenvalue weighted by Crippen LogP contribution is 2.28. The monoisotopic (exact) mass is 168 g/mol. The zero-order chi connectivity index (χ0) is 8.67. The average molecular weight is 168 g/mol. The van der Waals surface area contributed by atoms with Gasteiger partial charge in [-0.3, -0.25) is 4.98 Å². The van der Waals surface area contributed by atoms with E-state index in [1.807, 2.05) is 30.6 Å². The molecule has 0 bridgehead atoms. The second-order valence-corrected chi connectivity index (χ2v) is 3.08. The van der Waals surface area contributed by atoms with Gasteiger partial charge in [0, 0.05) is 23.5 Å². The molecule has 0 fully saturated rings. The Hall–Kier alpha value is -1.83. The van der Waals surface area contributed by atoms with E-state index in [1.165, 1.54) is 10.9 Å². The maximum Gasteiger partial charge on any atom is 0.0728 e. The van der Waals surface area contributed by atoms with Crippen LogP contribution in [0.25, 0.3) is 17.0 Å². The van der Waals surface area contributed by atoms with Gasteiger partial charge in [-0.2, -0.15) is 0 Å². The van der Waals surface area contributed by atoms with Crippen molar-refractivity contribution in [3.63, 3.8) is 0 Å². The van der Waals surface area contributed by atoms with Gasteiger partial charge in [-0.15, -0.1) is 0 Å². The zero-order valence-electron chi connectivity index (χ0n) is 6.99. The molecule has 0 saturated heterocycles. The summed E-state index contributed by atoms with van der Waals surface area (Å²) < 4.78 is 0. The van der Waals surface area contributed by atoms with E-state index in [1.54, 1.807) is 0 Å². The van der Waals surface area contributed by atoms with Crippen LogP contribution in [0.15, 0.2) is 36.7 Å². The Bertz CT molecular complexity index is 495. The minimum absolute atomic E-state index is 1.05. The van der Waals surface area contributed by atoms with Crippen LogP contribution in [-0.4, -0.2) is 4.98 Å². The number of nitrogens with one attached hydrogen (secondary N) is 1. The summed E-state index contributed by atoms with van der Waals surface area (Å²) in [5, 5.41) is 4.42. The topological polar surface area (TPSA) is 24.9 Å². The molecule has 0 aliphatic carbocycles. The molecule has 2 aromatic rings. The quantitative estimate of drug-likeness (QED) is 0.654. The SMILES string of the molecule is C1=Cc2ccnc3cccc(c23)N1. The van der Waals surface area contributed by atoms with Gasteiger partial charge < -0.3 is 5.32 Å². The van der Waals surface area contributed by atoms with Gasteiger partial charge in [0.05, 0.1) is 5.52 Å². The second kappa shape index (κ2) is 2.33. The van der Waals surface area contributed by atoms with Crippen molar-refractivity contribution in [2.45, 2.75) is 0 Å². The molecule has 1 aromatic carbocycles. The highest BCUT2D eigenvalue weighted by Gasteiger charge is 2.06. The number of anilines is 1. The lowest BCUT2D eigenvalue weighted by atomic mass is 10.1. The molecule has 2 heterocycles. The molecule has 1 aliphatic rings. The van der Waals surface area contributed by atoms with Crippen molar-refractivity contribution in [3.8, 4) is 0 Å². The number of pyridine rings is 1. The van der Waals surface area contributed by atoms with Gasteiger partial charge >= 0.3 is 0 Å². The first-order valence-electron chi connectivity index (χ1n) is 4.26. The van der Waals surface area contributed by atoms with Crippen LogP contribution in [0.5, 0.6) is 0 Å². The van der Waals surface area contributed by atoms with Gasteiger partial charge in [0.2, 0.25) is 0 Å². The van der Waals surface area contributed by atoms with Crippen molar-refractivity contribution in [1.29, 1.82) is 0 Å². The van der Waals surface area contributed by atoms with E-state index in [0.717, 1.165) is 11.2 Å². The fraction of sp³-hybridized carbons (Fsp3) is 0. The molecule has 13 heavy (non-hydrogen) atoms. The lowest BCUT2D eigenvalue weighted by Gasteiger charge is -2.12.